The number of nitrogens with one attached hydrogen (secondary N) is 2. The molecule has 1 aromatic rings. The van der Waals surface area contributed by atoms with Crippen molar-refractivity contribution in [2.45, 2.75) is 38.5 Å². The first-order chi connectivity index (χ1) is 9.40. The Morgan fingerprint density at radius 3 is 2.65 bits per heavy atom. The van der Waals surface area contributed by atoms with Gasteiger partial charge < -0.3 is 5.32 Å². The van der Waals surface area contributed by atoms with E-state index in [0.717, 1.165) is 19.4 Å². The summed E-state index contributed by atoms with van der Waals surface area (Å²) in [5.41, 5.74) is 0. The highest BCUT2D eigenvalue weighted by atomic mass is 35.5. The standard InChI is InChI=1S/C13H22ClN3O2S/c1-4-6-15-13-12(14)7-11(9-16-13)20(18,19)17-8-10(3)5-2/h7,9-10,17H,4-6,8H2,1-3H3,(H,15,16). The van der Waals surface area contributed by atoms with Gasteiger partial charge in [-0.1, -0.05) is 38.8 Å². The molecule has 1 aromatic heterocycles. The number of pyridine rings is 1. The lowest BCUT2D eigenvalue weighted by Gasteiger charge is -2.12. The largest absolute Gasteiger partial charge is 0.369 e. The van der Waals surface area contributed by atoms with Crippen LogP contribution in [0.1, 0.15) is 33.6 Å². The molecule has 1 rings (SSSR count). The summed E-state index contributed by atoms with van der Waals surface area (Å²) in [5.74, 6) is 0.799. The Balaban J connectivity index is 2.83. The fraction of sp³-hybridized carbons (Fsp3) is 0.615. The van der Waals surface area contributed by atoms with Crippen LogP contribution in [-0.2, 0) is 10.0 Å². The molecule has 7 heteroatoms. The van der Waals surface area contributed by atoms with Crippen molar-refractivity contribution in [2.75, 3.05) is 18.4 Å². The number of aromatic nitrogens is 1. The van der Waals surface area contributed by atoms with Gasteiger partial charge in [0.2, 0.25) is 10.0 Å². The molecular weight excluding hydrogens is 298 g/mol. The zero-order chi connectivity index (χ0) is 15.2. The van der Waals surface area contributed by atoms with E-state index in [1.54, 1.807) is 0 Å². The molecule has 0 spiro atoms. The summed E-state index contributed by atoms with van der Waals surface area (Å²) in [6.07, 6.45) is 3.18. The van der Waals surface area contributed by atoms with Crippen LogP contribution in [0.4, 0.5) is 5.82 Å². The van der Waals surface area contributed by atoms with E-state index >= 15 is 0 Å². The first kappa shape index (κ1) is 17.2. The molecule has 0 saturated carbocycles. The van der Waals surface area contributed by atoms with Crippen molar-refractivity contribution in [1.82, 2.24) is 9.71 Å². The summed E-state index contributed by atoms with van der Waals surface area (Å²) in [4.78, 5) is 4.16. The molecule has 1 heterocycles. The Morgan fingerprint density at radius 2 is 2.10 bits per heavy atom. The number of hydrogen-bond acceptors (Lipinski definition) is 4. The minimum absolute atomic E-state index is 0.0906. The summed E-state index contributed by atoms with van der Waals surface area (Å²) in [5, 5.41) is 3.35. The number of halogens is 1. The van der Waals surface area contributed by atoms with Crippen LogP contribution in [0.15, 0.2) is 17.2 Å². The van der Waals surface area contributed by atoms with E-state index in [-0.39, 0.29) is 4.90 Å². The third-order valence-electron chi connectivity index (χ3n) is 2.99. The summed E-state index contributed by atoms with van der Waals surface area (Å²) in [6.45, 7) is 7.19. The van der Waals surface area contributed by atoms with Crippen molar-refractivity contribution >= 4 is 27.4 Å². The molecular formula is C13H22ClN3O2S. The van der Waals surface area contributed by atoms with Crippen LogP contribution in [0.2, 0.25) is 5.02 Å². The molecule has 2 N–H and O–H groups in total. The molecule has 0 fully saturated rings. The highest BCUT2D eigenvalue weighted by Gasteiger charge is 2.17. The number of anilines is 1. The second kappa shape index (κ2) is 7.81. The lowest BCUT2D eigenvalue weighted by atomic mass is 10.1. The smallest absolute Gasteiger partial charge is 0.242 e. The van der Waals surface area contributed by atoms with E-state index in [9.17, 15) is 8.42 Å². The first-order valence-corrected chi connectivity index (χ1v) is 8.65. The molecule has 0 aliphatic heterocycles. The lowest BCUT2D eigenvalue weighted by Crippen LogP contribution is -2.28. The highest BCUT2D eigenvalue weighted by Crippen LogP contribution is 2.22. The number of sulfonamides is 1. The maximum absolute atomic E-state index is 12.1. The molecule has 0 saturated heterocycles. The van der Waals surface area contributed by atoms with Gasteiger partial charge in [0.15, 0.2) is 0 Å². The van der Waals surface area contributed by atoms with Crippen LogP contribution in [0.3, 0.4) is 0 Å². The Hall–Kier alpha value is -0.850. The molecule has 114 valence electrons. The Bertz CT molecular complexity index is 534. The number of hydrogen-bond donors (Lipinski definition) is 2. The summed E-state index contributed by atoms with van der Waals surface area (Å²) in [7, 11) is -3.55. The quantitative estimate of drug-likeness (QED) is 0.773. The van der Waals surface area contributed by atoms with Gasteiger partial charge in [0.1, 0.15) is 10.7 Å². The maximum atomic E-state index is 12.1. The van der Waals surface area contributed by atoms with Crippen LogP contribution in [-0.4, -0.2) is 26.5 Å². The van der Waals surface area contributed by atoms with Crippen LogP contribution in [0.25, 0.3) is 0 Å². The fourth-order valence-corrected chi connectivity index (χ4v) is 2.85. The van der Waals surface area contributed by atoms with Crippen LogP contribution in [0, 0.1) is 5.92 Å². The van der Waals surface area contributed by atoms with Gasteiger partial charge in [-0.25, -0.2) is 18.1 Å². The van der Waals surface area contributed by atoms with Crippen molar-refractivity contribution in [3.05, 3.63) is 17.3 Å². The molecule has 0 aromatic carbocycles. The third-order valence-corrected chi connectivity index (χ3v) is 4.67. The predicted octanol–water partition coefficient (Wildman–Crippen LogP) is 2.88. The van der Waals surface area contributed by atoms with Gasteiger partial charge in [-0.2, -0.15) is 0 Å². The van der Waals surface area contributed by atoms with E-state index in [1.807, 2.05) is 20.8 Å². The molecule has 20 heavy (non-hydrogen) atoms. The molecule has 1 unspecified atom stereocenters. The van der Waals surface area contributed by atoms with Gasteiger partial charge in [-0.3, -0.25) is 0 Å². The molecule has 1 atom stereocenters. The summed E-state index contributed by atoms with van der Waals surface area (Å²) < 4.78 is 26.8. The number of nitrogens with zero attached hydrogens (tertiary/aromatic N) is 1. The topological polar surface area (TPSA) is 71.1 Å². The van der Waals surface area contributed by atoms with Gasteiger partial charge in [0, 0.05) is 19.3 Å². The zero-order valence-corrected chi connectivity index (χ0v) is 13.7. The van der Waals surface area contributed by atoms with Crippen LogP contribution in [0.5, 0.6) is 0 Å². The van der Waals surface area contributed by atoms with E-state index < -0.39 is 10.0 Å². The lowest BCUT2D eigenvalue weighted by molar-refractivity contribution is 0.528. The van der Waals surface area contributed by atoms with Crippen molar-refractivity contribution in [2.24, 2.45) is 5.92 Å². The Kier molecular flexibility index (Phi) is 6.71. The van der Waals surface area contributed by atoms with Gasteiger partial charge in [-0.05, 0) is 18.4 Å². The van der Waals surface area contributed by atoms with Crippen molar-refractivity contribution in [3.8, 4) is 0 Å². The van der Waals surface area contributed by atoms with E-state index in [4.69, 9.17) is 11.6 Å². The molecule has 0 amide bonds. The minimum Gasteiger partial charge on any atom is -0.369 e. The maximum Gasteiger partial charge on any atom is 0.242 e. The van der Waals surface area contributed by atoms with E-state index in [0.29, 0.717) is 23.3 Å². The molecule has 0 radical (unpaired) electrons. The van der Waals surface area contributed by atoms with Crippen molar-refractivity contribution in [1.29, 1.82) is 0 Å². The minimum atomic E-state index is -3.55. The second-order valence-electron chi connectivity index (χ2n) is 4.79. The third kappa shape index (κ3) is 4.92. The van der Waals surface area contributed by atoms with Crippen LogP contribution >= 0.6 is 11.6 Å². The van der Waals surface area contributed by atoms with E-state index in [1.165, 1.54) is 12.3 Å². The summed E-state index contributed by atoms with van der Waals surface area (Å²) >= 11 is 6.04. The van der Waals surface area contributed by atoms with Gasteiger partial charge in [-0.15, -0.1) is 0 Å². The predicted molar refractivity (Wildman–Crippen MR) is 82.7 cm³/mol. The zero-order valence-electron chi connectivity index (χ0n) is 12.1. The van der Waals surface area contributed by atoms with Gasteiger partial charge in [0.05, 0.1) is 5.02 Å². The molecule has 0 aliphatic carbocycles. The average Bonchev–Trinajstić information content (AvgIpc) is 2.43. The highest BCUT2D eigenvalue weighted by molar-refractivity contribution is 7.89. The van der Waals surface area contributed by atoms with Crippen LogP contribution < -0.4 is 10.0 Å². The van der Waals surface area contributed by atoms with Gasteiger partial charge in [0.25, 0.3) is 0 Å². The Morgan fingerprint density at radius 1 is 1.40 bits per heavy atom. The second-order valence-corrected chi connectivity index (χ2v) is 6.97. The Labute approximate surface area is 126 Å². The SMILES string of the molecule is CCCNc1ncc(S(=O)(=O)NCC(C)CC)cc1Cl. The molecule has 5 nitrogen and oxygen atoms in total. The van der Waals surface area contributed by atoms with Gasteiger partial charge >= 0.3 is 0 Å². The average molecular weight is 320 g/mol. The van der Waals surface area contributed by atoms with E-state index in [2.05, 4.69) is 15.0 Å². The van der Waals surface area contributed by atoms with Crippen molar-refractivity contribution < 1.29 is 8.42 Å². The molecule has 0 bridgehead atoms. The summed E-state index contributed by atoms with van der Waals surface area (Å²) in [6, 6.07) is 1.42. The normalized spacial score (nSPS) is 13.2. The fourth-order valence-electron chi connectivity index (χ4n) is 1.42. The molecule has 0 aliphatic rings. The number of rotatable bonds is 8. The first-order valence-electron chi connectivity index (χ1n) is 6.79. The monoisotopic (exact) mass is 319 g/mol. The van der Waals surface area contributed by atoms with Crippen molar-refractivity contribution in [3.63, 3.8) is 0 Å².